The van der Waals surface area contributed by atoms with Crippen LogP contribution in [0.2, 0.25) is 0 Å². The quantitative estimate of drug-likeness (QED) is 0.728. The van der Waals surface area contributed by atoms with Gasteiger partial charge in [0.05, 0.1) is 24.7 Å². The molecule has 0 aliphatic rings. The summed E-state index contributed by atoms with van der Waals surface area (Å²) in [5, 5.41) is 12.2. The molecule has 0 aliphatic heterocycles. The maximum atomic E-state index is 11.9. The van der Waals surface area contributed by atoms with Crippen LogP contribution in [0.15, 0.2) is 36.5 Å². The Balaban J connectivity index is 2.21. The van der Waals surface area contributed by atoms with Gasteiger partial charge in [-0.25, -0.2) is 4.98 Å². The summed E-state index contributed by atoms with van der Waals surface area (Å²) in [6.45, 7) is 0. The Morgan fingerprint density at radius 3 is 2.79 bits per heavy atom. The fourth-order valence-corrected chi connectivity index (χ4v) is 1.47. The van der Waals surface area contributed by atoms with E-state index in [0.717, 1.165) is 0 Å². The number of hydrogen-bond acceptors (Lipinski definition) is 5. The van der Waals surface area contributed by atoms with E-state index in [0.29, 0.717) is 11.4 Å². The molecule has 0 saturated carbocycles. The van der Waals surface area contributed by atoms with Crippen LogP contribution in [0.4, 0.5) is 11.4 Å². The first-order valence-corrected chi connectivity index (χ1v) is 5.50. The number of phenols is 1. The first kappa shape index (κ1) is 12.7. The number of pyridine rings is 1. The van der Waals surface area contributed by atoms with Crippen molar-refractivity contribution in [3.8, 4) is 11.5 Å². The van der Waals surface area contributed by atoms with Gasteiger partial charge in [0.15, 0.2) is 0 Å². The Morgan fingerprint density at radius 1 is 1.37 bits per heavy atom. The molecule has 0 atom stereocenters. The zero-order valence-corrected chi connectivity index (χ0v) is 10.3. The lowest BCUT2D eigenvalue weighted by molar-refractivity contribution is 0.102. The molecule has 1 aromatic heterocycles. The minimum absolute atomic E-state index is 0.0513. The van der Waals surface area contributed by atoms with Gasteiger partial charge in [-0.2, -0.15) is 0 Å². The smallest absolute Gasteiger partial charge is 0.274 e. The molecule has 0 aliphatic carbocycles. The van der Waals surface area contributed by atoms with Crippen LogP contribution in [0.1, 0.15) is 10.5 Å². The van der Waals surface area contributed by atoms with Gasteiger partial charge in [-0.3, -0.25) is 4.79 Å². The normalized spacial score (nSPS) is 9.95. The van der Waals surface area contributed by atoms with Gasteiger partial charge in [-0.1, -0.05) is 0 Å². The standard InChI is InChI=1S/C13H13N3O3/c1-19-9-3-5-12(17)11(6-9)16-13(18)10-4-2-8(14)7-15-10/h2-7,17H,14H2,1H3,(H,16,18). The first-order valence-electron chi connectivity index (χ1n) is 5.50. The van der Waals surface area contributed by atoms with Gasteiger partial charge in [0.1, 0.15) is 17.2 Å². The van der Waals surface area contributed by atoms with Gasteiger partial charge in [0.25, 0.3) is 5.91 Å². The average Bonchev–Trinajstić information content (AvgIpc) is 2.42. The van der Waals surface area contributed by atoms with Gasteiger partial charge in [0, 0.05) is 6.07 Å². The number of carbonyl (C=O) groups is 1. The largest absolute Gasteiger partial charge is 0.506 e. The Morgan fingerprint density at radius 2 is 2.16 bits per heavy atom. The molecule has 2 rings (SSSR count). The van der Waals surface area contributed by atoms with Crippen LogP contribution >= 0.6 is 0 Å². The molecule has 19 heavy (non-hydrogen) atoms. The molecule has 1 heterocycles. The van der Waals surface area contributed by atoms with Crippen LogP contribution in [0.25, 0.3) is 0 Å². The lowest BCUT2D eigenvalue weighted by Gasteiger charge is -2.08. The molecule has 0 bridgehead atoms. The van der Waals surface area contributed by atoms with Crippen molar-refractivity contribution < 1.29 is 14.6 Å². The predicted molar refractivity (Wildman–Crippen MR) is 71.3 cm³/mol. The molecule has 0 radical (unpaired) electrons. The molecule has 1 amide bonds. The monoisotopic (exact) mass is 259 g/mol. The third kappa shape index (κ3) is 2.92. The Bertz CT molecular complexity index is 597. The van der Waals surface area contributed by atoms with Crippen molar-refractivity contribution in [1.82, 2.24) is 4.98 Å². The minimum Gasteiger partial charge on any atom is -0.506 e. The zero-order chi connectivity index (χ0) is 13.8. The number of aromatic hydroxyl groups is 1. The topological polar surface area (TPSA) is 97.5 Å². The van der Waals surface area contributed by atoms with Crippen LogP contribution in [-0.2, 0) is 0 Å². The van der Waals surface area contributed by atoms with Crippen molar-refractivity contribution in [2.75, 3.05) is 18.2 Å². The number of amides is 1. The molecule has 6 heteroatoms. The summed E-state index contributed by atoms with van der Waals surface area (Å²) in [5.41, 5.74) is 6.42. The van der Waals surface area contributed by atoms with E-state index in [-0.39, 0.29) is 17.1 Å². The number of nitrogens with zero attached hydrogens (tertiary/aromatic N) is 1. The number of benzene rings is 1. The fraction of sp³-hybridized carbons (Fsp3) is 0.0769. The van der Waals surface area contributed by atoms with Gasteiger partial charge < -0.3 is 20.9 Å². The Hall–Kier alpha value is -2.76. The highest BCUT2D eigenvalue weighted by molar-refractivity contribution is 6.03. The van der Waals surface area contributed by atoms with Crippen molar-refractivity contribution in [3.63, 3.8) is 0 Å². The second kappa shape index (κ2) is 5.26. The van der Waals surface area contributed by atoms with E-state index >= 15 is 0 Å². The van der Waals surface area contributed by atoms with Crippen LogP contribution in [0.5, 0.6) is 11.5 Å². The summed E-state index contributed by atoms with van der Waals surface area (Å²) >= 11 is 0. The molecule has 0 spiro atoms. The van der Waals surface area contributed by atoms with E-state index in [1.54, 1.807) is 12.1 Å². The van der Waals surface area contributed by atoms with Gasteiger partial charge >= 0.3 is 0 Å². The second-order valence-corrected chi connectivity index (χ2v) is 3.81. The number of nitrogens with two attached hydrogens (primary N) is 1. The molecule has 1 aromatic carbocycles. The molecule has 0 fully saturated rings. The third-order valence-electron chi connectivity index (χ3n) is 2.47. The molecular formula is C13H13N3O3. The molecule has 4 N–H and O–H groups in total. The summed E-state index contributed by atoms with van der Waals surface area (Å²) in [7, 11) is 1.50. The van der Waals surface area contributed by atoms with E-state index in [4.69, 9.17) is 10.5 Å². The van der Waals surface area contributed by atoms with Crippen LogP contribution in [0, 0.1) is 0 Å². The average molecular weight is 259 g/mol. The highest BCUT2D eigenvalue weighted by Gasteiger charge is 2.10. The summed E-state index contributed by atoms with van der Waals surface area (Å²) in [4.78, 5) is 15.8. The van der Waals surface area contributed by atoms with Crippen molar-refractivity contribution >= 4 is 17.3 Å². The maximum absolute atomic E-state index is 11.9. The van der Waals surface area contributed by atoms with Crippen LogP contribution < -0.4 is 15.8 Å². The van der Waals surface area contributed by atoms with E-state index in [1.165, 1.54) is 31.5 Å². The van der Waals surface area contributed by atoms with Crippen molar-refractivity contribution in [1.29, 1.82) is 0 Å². The lowest BCUT2D eigenvalue weighted by atomic mass is 10.2. The molecule has 98 valence electrons. The van der Waals surface area contributed by atoms with Gasteiger partial charge in [-0.15, -0.1) is 0 Å². The summed E-state index contributed by atoms with van der Waals surface area (Å²) < 4.78 is 5.02. The van der Waals surface area contributed by atoms with Gasteiger partial charge in [-0.05, 0) is 24.3 Å². The molecule has 2 aromatic rings. The fourth-order valence-electron chi connectivity index (χ4n) is 1.47. The molecular weight excluding hydrogens is 246 g/mol. The number of rotatable bonds is 3. The number of ether oxygens (including phenoxy) is 1. The molecule has 0 saturated heterocycles. The van der Waals surface area contributed by atoms with E-state index in [9.17, 15) is 9.90 Å². The predicted octanol–water partition coefficient (Wildman–Crippen LogP) is 1.63. The van der Waals surface area contributed by atoms with Crippen molar-refractivity contribution in [2.45, 2.75) is 0 Å². The maximum Gasteiger partial charge on any atom is 0.274 e. The van der Waals surface area contributed by atoms with Gasteiger partial charge in [0.2, 0.25) is 0 Å². The number of nitrogens with one attached hydrogen (secondary N) is 1. The number of phenolic OH excluding ortho intramolecular Hbond substituents is 1. The zero-order valence-electron chi connectivity index (χ0n) is 10.3. The first-order chi connectivity index (χ1) is 9.10. The number of methoxy groups -OCH3 is 1. The third-order valence-corrected chi connectivity index (χ3v) is 2.47. The molecule has 0 unspecified atom stereocenters. The molecule has 6 nitrogen and oxygen atoms in total. The van der Waals surface area contributed by atoms with Crippen LogP contribution in [-0.4, -0.2) is 23.1 Å². The highest BCUT2D eigenvalue weighted by Crippen LogP contribution is 2.28. The number of carbonyl (C=O) groups excluding carboxylic acids is 1. The Labute approximate surface area is 109 Å². The number of hydrogen-bond donors (Lipinski definition) is 3. The Kier molecular flexibility index (Phi) is 3.51. The SMILES string of the molecule is COc1ccc(O)c(NC(=O)c2ccc(N)cn2)c1. The summed E-state index contributed by atoms with van der Waals surface area (Å²) in [5.74, 6) is 0.0338. The van der Waals surface area contributed by atoms with Crippen molar-refractivity contribution in [3.05, 3.63) is 42.2 Å². The lowest BCUT2D eigenvalue weighted by Crippen LogP contribution is -2.13. The van der Waals surface area contributed by atoms with Crippen molar-refractivity contribution in [2.24, 2.45) is 0 Å². The van der Waals surface area contributed by atoms with E-state index in [1.807, 2.05) is 0 Å². The number of nitrogen functional groups attached to an aromatic ring is 1. The summed E-state index contributed by atoms with van der Waals surface area (Å²) in [6, 6.07) is 7.62. The number of anilines is 2. The highest BCUT2D eigenvalue weighted by atomic mass is 16.5. The van der Waals surface area contributed by atoms with Crippen LogP contribution in [0.3, 0.4) is 0 Å². The number of aromatic nitrogens is 1. The van der Waals surface area contributed by atoms with E-state index in [2.05, 4.69) is 10.3 Å². The second-order valence-electron chi connectivity index (χ2n) is 3.81. The minimum atomic E-state index is -0.441. The summed E-state index contributed by atoms with van der Waals surface area (Å²) in [6.07, 6.45) is 1.39. The van der Waals surface area contributed by atoms with E-state index < -0.39 is 5.91 Å².